The molecule has 2 nitrogen and oxygen atoms in total. The summed E-state index contributed by atoms with van der Waals surface area (Å²) < 4.78 is 1.11. The fourth-order valence-electron chi connectivity index (χ4n) is 1.38. The SMILES string of the molecule is NCCc1ccc(Br)cc1CCN. The first-order chi connectivity index (χ1) is 6.27. The van der Waals surface area contributed by atoms with E-state index in [0.29, 0.717) is 13.1 Å². The summed E-state index contributed by atoms with van der Waals surface area (Å²) in [5.74, 6) is 0. The molecule has 3 heteroatoms. The Morgan fingerprint density at radius 1 is 1.00 bits per heavy atom. The first-order valence-corrected chi connectivity index (χ1v) is 5.24. The second-order valence-electron chi connectivity index (χ2n) is 2.99. The van der Waals surface area contributed by atoms with Crippen molar-refractivity contribution in [3.8, 4) is 0 Å². The van der Waals surface area contributed by atoms with E-state index in [0.717, 1.165) is 17.3 Å². The molecule has 0 aliphatic heterocycles. The highest BCUT2D eigenvalue weighted by atomic mass is 79.9. The van der Waals surface area contributed by atoms with Crippen LogP contribution in [0.2, 0.25) is 0 Å². The van der Waals surface area contributed by atoms with Gasteiger partial charge in [-0.15, -0.1) is 0 Å². The summed E-state index contributed by atoms with van der Waals surface area (Å²) in [6, 6.07) is 6.28. The number of nitrogens with two attached hydrogens (primary N) is 2. The van der Waals surface area contributed by atoms with Gasteiger partial charge >= 0.3 is 0 Å². The van der Waals surface area contributed by atoms with E-state index >= 15 is 0 Å². The van der Waals surface area contributed by atoms with Crippen molar-refractivity contribution in [1.29, 1.82) is 0 Å². The molecule has 0 fully saturated rings. The molecule has 0 heterocycles. The highest BCUT2D eigenvalue weighted by Crippen LogP contribution is 2.17. The van der Waals surface area contributed by atoms with E-state index in [9.17, 15) is 0 Å². The molecule has 0 aliphatic rings. The predicted octanol–water partition coefficient (Wildman–Crippen LogP) is 1.45. The molecule has 0 amide bonds. The molecule has 1 rings (SSSR count). The molecule has 0 atom stereocenters. The quantitative estimate of drug-likeness (QED) is 0.840. The van der Waals surface area contributed by atoms with Crippen LogP contribution in [0.1, 0.15) is 11.1 Å². The van der Waals surface area contributed by atoms with Crippen molar-refractivity contribution < 1.29 is 0 Å². The number of benzene rings is 1. The lowest BCUT2D eigenvalue weighted by Crippen LogP contribution is -2.09. The molecular weight excluding hydrogens is 228 g/mol. The molecule has 0 saturated heterocycles. The fourth-order valence-corrected chi connectivity index (χ4v) is 1.79. The Kier molecular flexibility index (Phi) is 4.42. The average molecular weight is 243 g/mol. The molecule has 1 aromatic rings. The zero-order chi connectivity index (χ0) is 9.68. The number of rotatable bonds is 4. The van der Waals surface area contributed by atoms with Crippen LogP contribution < -0.4 is 11.5 Å². The van der Waals surface area contributed by atoms with Crippen molar-refractivity contribution >= 4 is 15.9 Å². The first-order valence-electron chi connectivity index (χ1n) is 4.45. The lowest BCUT2D eigenvalue weighted by molar-refractivity contribution is 0.904. The smallest absolute Gasteiger partial charge is 0.0178 e. The van der Waals surface area contributed by atoms with E-state index < -0.39 is 0 Å². The van der Waals surface area contributed by atoms with E-state index in [1.807, 2.05) is 6.07 Å². The van der Waals surface area contributed by atoms with Gasteiger partial charge in [-0.25, -0.2) is 0 Å². The monoisotopic (exact) mass is 242 g/mol. The van der Waals surface area contributed by atoms with Crippen molar-refractivity contribution in [3.05, 3.63) is 33.8 Å². The van der Waals surface area contributed by atoms with Gasteiger partial charge in [0.05, 0.1) is 0 Å². The maximum absolute atomic E-state index is 5.53. The van der Waals surface area contributed by atoms with Crippen molar-refractivity contribution in [2.75, 3.05) is 13.1 Å². The van der Waals surface area contributed by atoms with Crippen LogP contribution in [0, 0.1) is 0 Å². The zero-order valence-corrected chi connectivity index (χ0v) is 9.18. The van der Waals surface area contributed by atoms with Gasteiger partial charge in [-0.05, 0) is 49.2 Å². The lowest BCUT2D eigenvalue weighted by atomic mass is 10.0. The minimum absolute atomic E-state index is 0.689. The topological polar surface area (TPSA) is 52.0 Å². The first kappa shape index (κ1) is 10.7. The van der Waals surface area contributed by atoms with Gasteiger partial charge in [-0.3, -0.25) is 0 Å². The highest BCUT2D eigenvalue weighted by molar-refractivity contribution is 9.10. The molecule has 4 N–H and O–H groups in total. The average Bonchev–Trinajstić information content (AvgIpc) is 2.10. The lowest BCUT2D eigenvalue weighted by Gasteiger charge is -2.07. The van der Waals surface area contributed by atoms with Crippen LogP contribution in [0.3, 0.4) is 0 Å². The Bertz CT molecular complexity index is 274. The largest absolute Gasteiger partial charge is 0.330 e. The number of halogens is 1. The summed E-state index contributed by atoms with van der Waals surface area (Å²) in [5, 5.41) is 0. The van der Waals surface area contributed by atoms with E-state index in [1.165, 1.54) is 11.1 Å². The molecule has 0 aliphatic carbocycles. The Labute approximate surface area is 87.4 Å². The Balaban J connectivity index is 2.89. The van der Waals surface area contributed by atoms with Crippen LogP contribution in [0.4, 0.5) is 0 Å². The highest BCUT2D eigenvalue weighted by Gasteiger charge is 2.01. The standard InChI is InChI=1S/C10H15BrN2/c11-10-2-1-8(3-5-12)9(7-10)4-6-13/h1-2,7H,3-6,12-13H2. The van der Waals surface area contributed by atoms with E-state index in [1.54, 1.807) is 0 Å². The Morgan fingerprint density at radius 2 is 1.62 bits per heavy atom. The maximum Gasteiger partial charge on any atom is 0.0178 e. The summed E-state index contributed by atoms with van der Waals surface area (Å²) in [7, 11) is 0. The van der Waals surface area contributed by atoms with Crippen LogP contribution in [0.15, 0.2) is 22.7 Å². The predicted molar refractivity (Wildman–Crippen MR) is 59.7 cm³/mol. The van der Waals surface area contributed by atoms with Gasteiger partial charge < -0.3 is 11.5 Å². The summed E-state index contributed by atoms with van der Waals surface area (Å²) in [4.78, 5) is 0. The van der Waals surface area contributed by atoms with Gasteiger partial charge in [0.25, 0.3) is 0 Å². The van der Waals surface area contributed by atoms with Crippen LogP contribution >= 0.6 is 15.9 Å². The van der Waals surface area contributed by atoms with Gasteiger partial charge in [0, 0.05) is 4.47 Å². The Morgan fingerprint density at radius 3 is 2.23 bits per heavy atom. The molecule has 72 valence electrons. The third-order valence-corrected chi connectivity index (χ3v) is 2.49. The molecule has 0 radical (unpaired) electrons. The minimum Gasteiger partial charge on any atom is -0.330 e. The Hall–Kier alpha value is -0.380. The van der Waals surface area contributed by atoms with Crippen LogP contribution in [0.25, 0.3) is 0 Å². The second-order valence-corrected chi connectivity index (χ2v) is 3.91. The van der Waals surface area contributed by atoms with Gasteiger partial charge in [0.15, 0.2) is 0 Å². The minimum atomic E-state index is 0.689. The van der Waals surface area contributed by atoms with Crippen molar-refractivity contribution in [2.24, 2.45) is 11.5 Å². The maximum atomic E-state index is 5.53. The number of hydrogen-bond donors (Lipinski definition) is 2. The van der Waals surface area contributed by atoms with Crippen molar-refractivity contribution in [1.82, 2.24) is 0 Å². The van der Waals surface area contributed by atoms with Crippen LogP contribution in [-0.4, -0.2) is 13.1 Å². The third-order valence-electron chi connectivity index (χ3n) is 2.00. The van der Waals surface area contributed by atoms with E-state index in [-0.39, 0.29) is 0 Å². The summed E-state index contributed by atoms with van der Waals surface area (Å²) in [5.41, 5.74) is 13.7. The van der Waals surface area contributed by atoms with Gasteiger partial charge in [-0.1, -0.05) is 22.0 Å². The number of hydrogen-bond acceptors (Lipinski definition) is 2. The van der Waals surface area contributed by atoms with Gasteiger partial charge in [0.1, 0.15) is 0 Å². The van der Waals surface area contributed by atoms with Crippen molar-refractivity contribution in [3.63, 3.8) is 0 Å². The zero-order valence-electron chi connectivity index (χ0n) is 7.59. The van der Waals surface area contributed by atoms with Gasteiger partial charge in [-0.2, -0.15) is 0 Å². The molecule has 0 unspecified atom stereocenters. The summed E-state index contributed by atoms with van der Waals surface area (Å²) in [6.45, 7) is 1.38. The van der Waals surface area contributed by atoms with E-state index in [4.69, 9.17) is 11.5 Å². The molecular formula is C10H15BrN2. The summed E-state index contributed by atoms with van der Waals surface area (Å²) >= 11 is 3.45. The molecule has 0 bridgehead atoms. The fraction of sp³-hybridized carbons (Fsp3) is 0.400. The third kappa shape index (κ3) is 3.10. The normalized spacial score (nSPS) is 10.4. The van der Waals surface area contributed by atoms with Crippen LogP contribution in [-0.2, 0) is 12.8 Å². The second kappa shape index (κ2) is 5.37. The van der Waals surface area contributed by atoms with Crippen molar-refractivity contribution in [2.45, 2.75) is 12.8 Å². The van der Waals surface area contributed by atoms with Crippen LogP contribution in [0.5, 0.6) is 0 Å². The molecule has 0 aromatic heterocycles. The molecule has 0 spiro atoms. The molecule has 0 saturated carbocycles. The molecule has 13 heavy (non-hydrogen) atoms. The summed E-state index contributed by atoms with van der Waals surface area (Å²) in [6.07, 6.45) is 1.86. The van der Waals surface area contributed by atoms with Gasteiger partial charge in [0.2, 0.25) is 0 Å². The molecule has 1 aromatic carbocycles. The van der Waals surface area contributed by atoms with E-state index in [2.05, 4.69) is 28.1 Å².